The van der Waals surface area contributed by atoms with Gasteiger partial charge in [-0.25, -0.2) is 0 Å². The van der Waals surface area contributed by atoms with Crippen molar-refractivity contribution in [3.8, 4) is 5.75 Å². The molecule has 0 radical (unpaired) electrons. The van der Waals surface area contributed by atoms with Gasteiger partial charge in [0.25, 0.3) is 0 Å². The molecule has 1 aromatic carbocycles. The molecule has 0 aliphatic carbocycles. The molecule has 2 saturated heterocycles. The van der Waals surface area contributed by atoms with Crippen LogP contribution in [-0.4, -0.2) is 37.6 Å². The van der Waals surface area contributed by atoms with Crippen molar-refractivity contribution in [2.45, 2.75) is 25.8 Å². The summed E-state index contributed by atoms with van der Waals surface area (Å²) in [6, 6.07) is 8.33. The maximum atomic E-state index is 11.6. The molecule has 1 N–H and O–H groups in total. The first-order chi connectivity index (χ1) is 10.2. The highest BCUT2D eigenvalue weighted by Crippen LogP contribution is 2.31. The third-order valence-electron chi connectivity index (χ3n) is 4.83. The van der Waals surface area contributed by atoms with Crippen molar-refractivity contribution >= 4 is 5.91 Å². The zero-order valence-electron chi connectivity index (χ0n) is 12.7. The normalized spacial score (nSPS) is 26.6. The van der Waals surface area contributed by atoms with Gasteiger partial charge in [0.1, 0.15) is 5.75 Å². The number of methoxy groups -OCH3 is 1. The molecule has 1 aromatic rings. The van der Waals surface area contributed by atoms with Crippen LogP contribution >= 0.6 is 0 Å². The van der Waals surface area contributed by atoms with E-state index in [-0.39, 0.29) is 5.91 Å². The second-order valence-corrected chi connectivity index (χ2v) is 6.23. The number of likely N-dealkylation sites (tertiary alicyclic amines) is 1. The quantitative estimate of drug-likeness (QED) is 0.925. The van der Waals surface area contributed by atoms with Crippen LogP contribution in [0.5, 0.6) is 5.75 Å². The van der Waals surface area contributed by atoms with Gasteiger partial charge in [-0.2, -0.15) is 0 Å². The van der Waals surface area contributed by atoms with E-state index in [1.807, 2.05) is 12.1 Å². The molecule has 3 rings (SSSR count). The smallest absolute Gasteiger partial charge is 0.220 e. The van der Waals surface area contributed by atoms with Crippen molar-refractivity contribution in [1.82, 2.24) is 10.2 Å². The number of fused-ring (bicyclic) bond motifs is 1. The van der Waals surface area contributed by atoms with E-state index in [0.717, 1.165) is 51.2 Å². The number of piperidine rings is 1. The molecule has 2 atom stereocenters. The van der Waals surface area contributed by atoms with Crippen molar-refractivity contribution in [2.75, 3.05) is 26.7 Å². The van der Waals surface area contributed by atoms with Crippen LogP contribution in [0.2, 0.25) is 0 Å². The summed E-state index contributed by atoms with van der Waals surface area (Å²) in [5.41, 5.74) is 1.33. The molecule has 114 valence electrons. The largest absolute Gasteiger partial charge is 0.497 e. The average molecular weight is 288 g/mol. The van der Waals surface area contributed by atoms with Crippen LogP contribution in [0.15, 0.2) is 24.3 Å². The maximum absolute atomic E-state index is 11.6. The highest BCUT2D eigenvalue weighted by Gasteiger charge is 2.32. The monoisotopic (exact) mass is 288 g/mol. The van der Waals surface area contributed by atoms with Crippen molar-refractivity contribution in [3.63, 3.8) is 0 Å². The molecule has 4 nitrogen and oxygen atoms in total. The number of amides is 1. The molecule has 0 bridgehead atoms. The van der Waals surface area contributed by atoms with Gasteiger partial charge in [0.05, 0.1) is 7.11 Å². The Morgan fingerprint density at radius 3 is 2.81 bits per heavy atom. The SMILES string of the molecule is COc1ccc(CN2CCC3CC(=O)NCCC3C2)cc1. The molecule has 21 heavy (non-hydrogen) atoms. The third-order valence-corrected chi connectivity index (χ3v) is 4.83. The lowest BCUT2D eigenvalue weighted by molar-refractivity contribution is -0.121. The molecule has 0 saturated carbocycles. The van der Waals surface area contributed by atoms with Crippen molar-refractivity contribution in [3.05, 3.63) is 29.8 Å². The lowest BCUT2D eigenvalue weighted by atomic mass is 9.82. The van der Waals surface area contributed by atoms with Crippen molar-refractivity contribution in [1.29, 1.82) is 0 Å². The minimum atomic E-state index is 0.242. The number of hydrogen-bond donors (Lipinski definition) is 1. The Balaban J connectivity index is 1.59. The summed E-state index contributed by atoms with van der Waals surface area (Å²) in [6.45, 7) is 4.05. The zero-order valence-corrected chi connectivity index (χ0v) is 12.7. The topological polar surface area (TPSA) is 41.6 Å². The van der Waals surface area contributed by atoms with E-state index >= 15 is 0 Å². The summed E-state index contributed by atoms with van der Waals surface area (Å²) in [5, 5.41) is 3.01. The standard InChI is InChI=1S/C17H24N2O2/c1-21-16-4-2-13(3-5-16)11-19-9-7-14-10-17(20)18-8-6-15(14)12-19/h2-5,14-15H,6-12H2,1H3,(H,18,20). The summed E-state index contributed by atoms with van der Waals surface area (Å²) < 4.78 is 5.20. The first-order valence-corrected chi connectivity index (χ1v) is 7.86. The lowest BCUT2D eigenvalue weighted by Crippen LogP contribution is -2.40. The van der Waals surface area contributed by atoms with E-state index in [0.29, 0.717) is 11.8 Å². The van der Waals surface area contributed by atoms with E-state index < -0.39 is 0 Å². The highest BCUT2D eigenvalue weighted by atomic mass is 16.5. The van der Waals surface area contributed by atoms with Crippen LogP contribution in [0.25, 0.3) is 0 Å². The summed E-state index contributed by atoms with van der Waals surface area (Å²) in [5.74, 6) is 2.40. The predicted molar refractivity (Wildman–Crippen MR) is 82.1 cm³/mol. The second-order valence-electron chi connectivity index (χ2n) is 6.23. The fraction of sp³-hybridized carbons (Fsp3) is 0.588. The van der Waals surface area contributed by atoms with E-state index in [1.54, 1.807) is 7.11 Å². The van der Waals surface area contributed by atoms with Crippen LogP contribution < -0.4 is 10.1 Å². The fourth-order valence-electron chi connectivity index (χ4n) is 3.59. The summed E-state index contributed by atoms with van der Waals surface area (Å²) >= 11 is 0. The summed E-state index contributed by atoms with van der Waals surface area (Å²) in [4.78, 5) is 14.2. The molecular formula is C17H24N2O2. The van der Waals surface area contributed by atoms with Crippen LogP contribution in [0, 0.1) is 11.8 Å². The molecule has 2 heterocycles. The molecule has 2 aliphatic heterocycles. The van der Waals surface area contributed by atoms with E-state index in [4.69, 9.17) is 4.74 Å². The van der Waals surface area contributed by atoms with Gasteiger partial charge in [0, 0.05) is 26.1 Å². The Morgan fingerprint density at radius 1 is 1.24 bits per heavy atom. The van der Waals surface area contributed by atoms with Gasteiger partial charge in [-0.3, -0.25) is 9.69 Å². The molecule has 0 aromatic heterocycles. The summed E-state index contributed by atoms with van der Waals surface area (Å²) in [6.07, 6.45) is 2.99. The van der Waals surface area contributed by atoms with Gasteiger partial charge in [-0.05, 0) is 48.9 Å². The fourth-order valence-corrected chi connectivity index (χ4v) is 3.59. The Morgan fingerprint density at radius 2 is 2.05 bits per heavy atom. The van der Waals surface area contributed by atoms with Crippen molar-refractivity contribution in [2.24, 2.45) is 11.8 Å². The van der Waals surface area contributed by atoms with Gasteiger partial charge in [-0.1, -0.05) is 12.1 Å². The van der Waals surface area contributed by atoms with Crippen molar-refractivity contribution < 1.29 is 9.53 Å². The average Bonchev–Trinajstić information content (AvgIpc) is 2.68. The van der Waals surface area contributed by atoms with Crippen LogP contribution in [0.3, 0.4) is 0 Å². The van der Waals surface area contributed by atoms with Crippen LogP contribution in [-0.2, 0) is 11.3 Å². The van der Waals surface area contributed by atoms with Gasteiger partial charge in [0.2, 0.25) is 5.91 Å². The summed E-state index contributed by atoms with van der Waals surface area (Å²) in [7, 11) is 1.70. The minimum absolute atomic E-state index is 0.242. The second kappa shape index (κ2) is 6.48. The molecule has 0 spiro atoms. The molecule has 2 fully saturated rings. The molecule has 2 aliphatic rings. The number of benzene rings is 1. The first-order valence-electron chi connectivity index (χ1n) is 7.86. The lowest BCUT2D eigenvalue weighted by Gasteiger charge is -2.37. The number of hydrogen-bond acceptors (Lipinski definition) is 3. The molecule has 4 heteroatoms. The number of carbonyl (C=O) groups excluding carboxylic acids is 1. The van der Waals surface area contributed by atoms with Crippen LogP contribution in [0.1, 0.15) is 24.8 Å². The Bertz CT molecular complexity index is 486. The van der Waals surface area contributed by atoms with Gasteiger partial charge in [0.15, 0.2) is 0 Å². The Kier molecular flexibility index (Phi) is 4.44. The number of ether oxygens (including phenoxy) is 1. The van der Waals surface area contributed by atoms with Gasteiger partial charge >= 0.3 is 0 Å². The minimum Gasteiger partial charge on any atom is -0.497 e. The van der Waals surface area contributed by atoms with E-state index in [2.05, 4.69) is 22.3 Å². The molecule has 1 amide bonds. The zero-order chi connectivity index (χ0) is 14.7. The van der Waals surface area contributed by atoms with Gasteiger partial charge in [-0.15, -0.1) is 0 Å². The molecule has 2 unspecified atom stereocenters. The predicted octanol–water partition coefficient (Wildman–Crippen LogP) is 2.04. The number of carbonyl (C=O) groups is 1. The van der Waals surface area contributed by atoms with Gasteiger partial charge < -0.3 is 10.1 Å². The molecular weight excluding hydrogens is 264 g/mol. The highest BCUT2D eigenvalue weighted by molar-refractivity contribution is 5.76. The Hall–Kier alpha value is -1.55. The van der Waals surface area contributed by atoms with Crippen LogP contribution in [0.4, 0.5) is 0 Å². The van der Waals surface area contributed by atoms with E-state index in [9.17, 15) is 4.79 Å². The number of rotatable bonds is 3. The number of nitrogens with one attached hydrogen (secondary N) is 1. The van der Waals surface area contributed by atoms with E-state index in [1.165, 1.54) is 5.56 Å². The first kappa shape index (κ1) is 14.4. The maximum Gasteiger partial charge on any atom is 0.220 e. The third kappa shape index (κ3) is 3.56. The number of nitrogens with zero attached hydrogens (tertiary/aromatic N) is 1. The Labute approximate surface area is 126 Å².